The summed E-state index contributed by atoms with van der Waals surface area (Å²) >= 11 is 0. The quantitative estimate of drug-likeness (QED) is 0.783. The van der Waals surface area contributed by atoms with Crippen LogP contribution in [0.2, 0.25) is 0 Å². The Bertz CT molecular complexity index is 405. The van der Waals surface area contributed by atoms with Gasteiger partial charge < -0.3 is 15.1 Å². The summed E-state index contributed by atoms with van der Waals surface area (Å²) in [5.74, 6) is 0.00727. The van der Waals surface area contributed by atoms with Crippen molar-refractivity contribution in [3.63, 3.8) is 0 Å². The standard InChI is InChI=1S/C13H19N3O3/c17-11(9-13(18)19)10-15-5-7-16(8-6-15)12-3-1-2-4-14-12/h1-4,11,17H,5-10H2,(H,18,19). The molecule has 0 radical (unpaired) electrons. The van der Waals surface area contributed by atoms with Gasteiger partial charge in [0.25, 0.3) is 0 Å². The molecule has 104 valence electrons. The van der Waals surface area contributed by atoms with Crippen LogP contribution in [0.5, 0.6) is 0 Å². The normalized spacial score (nSPS) is 18.3. The Hall–Kier alpha value is -1.66. The van der Waals surface area contributed by atoms with E-state index in [1.807, 2.05) is 18.2 Å². The zero-order chi connectivity index (χ0) is 13.7. The molecule has 2 rings (SSSR count). The third-order valence-electron chi connectivity index (χ3n) is 3.22. The molecule has 1 aliphatic heterocycles. The maximum Gasteiger partial charge on any atom is 0.306 e. The number of carbonyl (C=O) groups is 1. The third kappa shape index (κ3) is 4.18. The summed E-state index contributed by atoms with van der Waals surface area (Å²) in [5.41, 5.74) is 0. The molecular formula is C13H19N3O3. The van der Waals surface area contributed by atoms with Crippen LogP contribution in [0.15, 0.2) is 24.4 Å². The van der Waals surface area contributed by atoms with Crippen molar-refractivity contribution in [2.24, 2.45) is 0 Å². The monoisotopic (exact) mass is 265 g/mol. The number of anilines is 1. The predicted octanol–water partition coefficient (Wildman–Crippen LogP) is 0.0392. The first-order valence-electron chi connectivity index (χ1n) is 6.43. The maximum absolute atomic E-state index is 10.5. The molecule has 1 aliphatic rings. The van der Waals surface area contributed by atoms with Gasteiger partial charge in [0.1, 0.15) is 5.82 Å². The zero-order valence-electron chi connectivity index (χ0n) is 10.8. The number of carboxylic acids is 1. The van der Waals surface area contributed by atoms with Crippen molar-refractivity contribution in [1.82, 2.24) is 9.88 Å². The molecule has 1 saturated heterocycles. The van der Waals surface area contributed by atoms with Crippen molar-refractivity contribution in [3.05, 3.63) is 24.4 Å². The average molecular weight is 265 g/mol. The largest absolute Gasteiger partial charge is 0.481 e. The lowest BCUT2D eigenvalue weighted by Crippen LogP contribution is -2.49. The third-order valence-corrected chi connectivity index (χ3v) is 3.22. The van der Waals surface area contributed by atoms with Crippen LogP contribution in [0, 0.1) is 0 Å². The molecule has 1 unspecified atom stereocenters. The van der Waals surface area contributed by atoms with Crippen molar-refractivity contribution in [2.45, 2.75) is 12.5 Å². The SMILES string of the molecule is O=C(O)CC(O)CN1CCN(c2ccccn2)CC1. The number of carboxylic acid groups (broad SMARTS) is 1. The molecule has 0 aliphatic carbocycles. The summed E-state index contributed by atoms with van der Waals surface area (Å²) in [5, 5.41) is 18.2. The highest BCUT2D eigenvalue weighted by Gasteiger charge is 2.20. The fourth-order valence-electron chi connectivity index (χ4n) is 2.26. The highest BCUT2D eigenvalue weighted by Crippen LogP contribution is 2.12. The number of nitrogens with zero attached hydrogens (tertiary/aromatic N) is 3. The van der Waals surface area contributed by atoms with Gasteiger partial charge in [-0.3, -0.25) is 9.69 Å². The van der Waals surface area contributed by atoms with E-state index in [1.165, 1.54) is 0 Å². The minimum atomic E-state index is -0.959. The number of hydrogen-bond donors (Lipinski definition) is 2. The molecule has 2 heterocycles. The number of aliphatic hydroxyl groups is 1. The molecule has 0 saturated carbocycles. The predicted molar refractivity (Wildman–Crippen MR) is 71.1 cm³/mol. The van der Waals surface area contributed by atoms with Gasteiger partial charge in [-0.15, -0.1) is 0 Å². The second kappa shape index (κ2) is 6.49. The van der Waals surface area contributed by atoms with Crippen molar-refractivity contribution in [2.75, 3.05) is 37.6 Å². The number of pyridine rings is 1. The summed E-state index contributed by atoms with van der Waals surface area (Å²) in [6, 6.07) is 5.84. The van der Waals surface area contributed by atoms with E-state index in [2.05, 4.69) is 14.8 Å². The molecular weight excluding hydrogens is 246 g/mol. The Kier molecular flexibility index (Phi) is 4.70. The van der Waals surface area contributed by atoms with E-state index in [0.717, 1.165) is 32.0 Å². The number of hydrogen-bond acceptors (Lipinski definition) is 5. The topological polar surface area (TPSA) is 76.9 Å². The minimum absolute atomic E-state index is 0.194. The Morgan fingerprint density at radius 1 is 1.32 bits per heavy atom. The number of rotatable bonds is 5. The second-order valence-corrected chi connectivity index (χ2v) is 4.73. The highest BCUT2D eigenvalue weighted by atomic mass is 16.4. The van der Waals surface area contributed by atoms with E-state index in [1.54, 1.807) is 6.20 Å². The van der Waals surface area contributed by atoms with Crippen LogP contribution in [0.3, 0.4) is 0 Å². The fraction of sp³-hybridized carbons (Fsp3) is 0.538. The molecule has 2 N–H and O–H groups in total. The van der Waals surface area contributed by atoms with Gasteiger partial charge in [-0.05, 0) is 12.1 Å². The lowest BCUT2D eigenvalue weighted by Gasteiger charge is -2.36. The molecule has 6 heteroatoms. The number of aliphatic carboxylic acids is 1. The van der Waals surface area contributed by atoms with E-state index in [4.69, 9.17) is 5.11 Å². The first kappa shape index (κ1) is 13.8. The number of aromatic nitrogens is 1. The van der Waals surface area contributed by atoms with Crippen LogP contribution in [-0.4, -0.2) is 64.9 Å². The van der Waals surface area contributed by atoms with E-state index >= 15 is 0 Å². The van der Waals surface area contributed by atoms with Crippen molar-refractivity contribution in [3.8, 4) is 0 Å². The summed E-state index contributed by atoms with van der Waals surface area (Å²) in [7, 11) is 0. The van der Waals surface area contributed by atoms with Gasteiger partial charge >= 0.3 is 5.97 Å². The van der Waals surface area contributed by atoms with Crippen LogP contribution >= 0.6 is 0 Å². The van der Waals surface area contributed by atoms with Gasteiger partial charge in [0.2, 0.25) is 0 Å². The number of piperazine rings is 1. The molecule has 0 bridgehead atoms. The molecule has 0 aromatic carbocycles. The highest BCUT2D eigenvalue weighted by molar-refractivity contribution is 5.67. The summed E-state index contributed by atoms with van der Waals surface area (Å²) < 4.78 is 0. The van der Waals surface area contributed by atoms with Crippen LogP contribution in [-0.2, 0) is 4.79 Å². The van der Waals surface area contributed by atoms with Crippen molar-refractivity contribution in [1.29, 1.82) is 0 Å². The Morgan fingerprint density at radius 2 is 2.05 bits per heavy atom. The zero-order valence-corrected chi connectivity index (χ0v) is 10.8. The molecule has 0 spiro atoms. The Morgan fingerprint density at radius 3 is 2.63 bits per heavy atom. The number of aliphatic hydroxyl groups excluding tert-OH is 1. The van der Waals surface area contributed by atoms with Crippen LogP contribution in [0.1, 0.15) is 6.42 Å². The van der Waals surface area contributed by atoms with Gasteiger partial charge in [-0.25, -0.2) is 4.98 Å². The lowest BCUT2D eigenvalue weighted by atomic mass is 10.2. The van der Waals surface area contributed by atoms with Crippen molar-refractivity contribution < 1.29 is 15.0 Å². The molecule has 1 aromatic heterocycles. The Balaban J connectivity index is 1.78. The Labute approximate surface area is 112 Å². The van der Waals surface area contributed by atoms with Gasteiger partial charge in [-0.2, -0.15) is 0 Å². The van der Waals surface area contributed by atoms with Crippen LogP contribution < -0.4 is 4.90 Å². The van der Waals surface area contributed by atoms with Gasteiger partial charge in [0.15, 0.2) is 0 Å². The molecule has 1 aromatic rings. The lowest BCUT2D eigenvalue weighted by molar-refractivity contribution is -0.139. The maximum atomic E-state index is 10.5. The molecule has 1 fully saturated rings. The van der Waals surface area contributed by atoms with E-state index < -0.39 is 12.1 Å². The second-order valence-electron chi connectivity index (χ2n) is 4.73. The molecule has 0 amide bonds. The summed E-state index contributed by atoms with van der Waals surface area (Å²) in [6.07, 6.45) is 0.789. The van der Waals surface area contributed by atoms with E-state index in [0.29, 0.717) is 6.54 Å². The van der Waals surface area contributed by atoms with Gasteiger partial charge in [0, 0.05) is 38.9 Å². The summed E-state index contributed by atoms with van der Waals surface area (Å²) in [6.45, 7) is 3.73. The smallest absolute Gasteiger partial charge is 0.306 e. The van der Waals surface area contributed by atoms with Gasteiger partial charge in [0.05, 0.1) is 12.5 Å². The first-order chi connectivity index (χ1) is 9.15. The van der Waals surface area contributed by atoms with E-state index in [-0.39, 0.29) is 6.42 Å². The molecule has 6 nitrogen and oxygen atoms in total. The number of β-amino-alcohol motifs (C(OH)–C–C–N with tert-alkyl or cyclic N) is 1. The molecule has 1 atom stereocenters. The fourth-order valence-corrected chi connectivity index (χ4v) is 2.26. The average Bonchev–Trinajstić information content (AvgIpc) is 2.39. The van der Waals surface area contributed by atoms with Gasteiger partial charge in [-0.1, -0.05) is 6.07 Å². The van der Waals surface area contributed by atoms with Crippen molar-refractivity contribution >= 4 is 11.8 Å². The molecule has 19 heavy (non-hydrogen) atoms. The van der Waals surface area contributed by atoms with Crippen LogP contribution in [0.4, 0.5) is 5.82 Å². The summed E-state index contributed by atoms with van der Waals surface area (Å²) in [4.78, 5) is 19.1. The minimum Gasteiger partial charge on any atom is -0.481 e. The first-order valence-corrected chi connectivity index (χ1v) is 6.43. The van der Waals surface area contributed by atoms with Crippen LogP contribution in [0.25, 0.3) is 0 Å². The van der Waals surface area contributed by atoms with E-state index in [9.17, 15) is 9.90 Å².